The van der Waals surface area contributed by atoms with Crippen molar-refractivity contribution in [3.8, 4) is 17.2 Å². The van der Waals surface area contributed by atoms with Crippen LogP contribution in [0.2, 0.25) is 0 Å². The quantitative estimate of drug-likeness (QED) is 0.116. The van der Waals surface area contributed by atoms with E-state index >= 15 is 0 Å². The number of unbranched alkanes of at least 4 members (excludes halogenated alkanes) is 7. The van der Waals surface area contributed by atoms with Crippen LogP contribution in [0.25, 0.3) is 0 Å². The monoisotopic (exact) mass is 514 g/mol. The largest absolute Gasteiger partial charge is 0.494 e. The number of rotatable bonds is 15. The van der Waals surface area contributed by atoms with Gasteiger partial charge in [0.15, 0.2) is 0 Å². The lowest BCUT2D eigenvalue weighted by Crippen LogP contribution is -2.26. The molecule has 38 heavy (non-hydrogen) atoms. The van der Waals surface area contributed by atoms with E-state index in [0.29, 0.717) is 18.8 Å². The standard InChI is InChI=1S/C34H42O4/c1-2-3-4-5-6-7-8-12-23-36-31-19-21-32(22-20-31)38-34(35)30-16-15-29-25-33(18-17-28(29)24-30)37-26-27-13-10-9-11-14-27/h9-11,13-14,17-22,25,30H,2-8,12,15-16,23-24,26H2,1H3. The van der Waals surface area contributed by atoms with Gasteiger partial charge in [0.1, 0.15) is 23.9 Å². The molecule has 1 unspecified atom stereocenters. The summed E-state index contributed by atoms with van der Waals surface area (Å²) < 4.78 is 17.6. The third-order valence-electron chi connectivity index (χ3n) is 7.30. The zero-order valence-electron chi connectivity index (χ0n) is 22.8. The maximum Gasteiger partial charge on any atom is 0.314 e. The fourth-order valence-corrected chi connectivity index (χ4v) is 4.99. The number of ether oxygens (including phenoxy) is 3. The van der Waals surface area contributed by atoms with E-state index in [0.717, 1.165) is 42.9 Å². The zero-order valence-corrected chi connectivity index (χ0v) is 22.8. The van der Waals surface area contributed by atoms with Gasteiger partial charge < -0.3 is 14.2 Å². The van der Waals surface area contributed by atoms with Crippen LogP contribution in [0.3, 0.4) is 0 Å². The lowest BCUT2D eigenvalue weighted by atomic mass is 9.84. The molecule has 202 valence electrons. The Bertz CT molecular complexity index is 1110. The van der Waals surface area contributed by atoms with E-state index in [4.69, 9.17) is 14.2 Å². The molecule has 4 nitrogen and oxygen atoms in total. The lowest BCUT2D eigenvalue weighted by molar-refractivity contribution is -0.139. The van der Waals surface area contributed by atoms with E-state index in [1.165, 1.54) is 56.1 Å². The molecular formula is C34H42O4. The van der Waals surface area contributed by atoms with Crippen molar-refractivity contribution in [3.63, 3.8) is 0 Å². The van der Waals surface area contributed by atoms with Crippen LogP contribution < -0.4 is 14.2 Å². The first-order chi connectivity index (χ1) is 18.7. The maximum atomic E-state index is 12.9. The summed E-state index contributed by atoms with van der Waals surface area (Å²) in [6, 6.07) is 23.8. The lowest BCUT2D eigenvalue weighted by Gasteiger charge is -2.23. The van der Waals surface area contributed by atoms with Gasteiger partial charge in [-0.1, -0.05) is 88.3 Å². The molecule has 3 aromatic carbocycles. The first-order valence-electron chi connectivity index (χ1n) is 14.4. The van der Waals surface area contributed by atoms with E-state index < -0.39 is 0 Å². The summed E-state index contributed by atoms with van der Waals surface area (Å²) in [5, 5.41) is 0. The first kappa shape index (κ1) is 27.8. The van der Waals surface area contributed by atoms with Crippen molar-refractivity contribution in [2.24, 2.45) is 5.92 Å². The van der Waals surface area contributed by atoms with Gasteiger partial charge in [-0.3, -0.25) is 4.79 Å². The molecule has 0 fully saturated rings. The fraction of sp³-hybridized carbons (Fsp3) is 0.441. The SMILES string of the molecule is CCCCCCCCCCOc1ccc(OC(=O)C2CCc3cc(OCc4ccccc4)ccc3C2)cc1. The molecule has 0 bridgehead atoms. The Labute approximate surface area is 228 Å². The Morgan fingerprint density at radius 2 is 1.42 bits per heavy atom. The summed E-state index contributed by atoms with van der Waals surface area (Å²) in [7, 11) is 0. The van der Waals surface area contributed by atoms with Gasteiger partial charge in [-0.2, -0.15) is 0 Å². The number of hydrogen-bond donors (Lipinski definition) is 0. The van der Waals surface area contributed by atoms with Gasteiger partial charge in [-0.05, 0) is 78.8 Å². The number of carbonyl (C=O) groups is 1. The smallest absolute Gasteiger partial charge is 0.314 e. The molecule has 3 aromatic rings. The molecule has 1 aliphatic rings. The predicted molar refractivity (Wildman–Crippen MR) is 153 cm³/mol. The average molecular weight is 515 g/mol. The van der Waals surface area contributed by atoms with Crippen molar-refractivity contribution >= 4 is 5.97 Å². The molecule has 0 N–H and O–H groups in total. The molecule has 0 heterocycles. The maximum absolute atomic E-state index is 12.9. The van der Waals surface area contributed by atoms with Crippen LogP contribution >= 0.6 is 0 Å². The van der Waals surface area contributed by atoms with Crippen LogP contribution in [0.4, 0.5) is 0 Å². The van der Waals surface area contributed by atoms with E-state index in [9.17, 15) is 4.79 Å². The Hall–Kier alpha value is -3.27. The van der Waals surface area contributed by atoms with E-state index in [1.54, 1.807) is 0 Å². The average Bonchev–Trinajstić information content (AvgIpc) is 2.96. The van der Waals surface area contributed by atoms with Gasteiger partial charge in [0, 0.05) is 0 Å². The number of carbonyl (C=O) groups excluding carboxylic acids is 1. The number of aryl methyl sites for hydroxylation is 1. The predicted octanol–water partition coefficient (Wildman–Crippen LogP) is 8.50. The summed E-state index contributed by atoms with van der Waals surface area (Å²) >= 11 is 0. The molecule has 0 saturated heterocycles. The van der Waals surface area contributed by atoms with Crippen LogP contribution in [0, 0.1) is 5.92 Å². The van der Waals surface area contributed by atoms with Gasteiger partial charge in [-0.15, -0.1) is 0 Å². The number of fused-ring (bicyclic) bond motifs is 1. The molecule has 1 atom stereocenters. The minimum Gasteiger partial charge on any atom is -0.494 e. The Morgan fingerprint density at radius 3 is 2.18 bits per heavy atom. The van der Waals surface area contributed by atoms with Crippen molar-refractivity contribution in [1.82, 2.24) is 0 Å². The molecule has 4 rings (SSSR count). The highest BCUT2D eigenvalue weighted by Gasteiger charge is 2.26. The third-order valence-corrected chi connectivity index (χ3v) is 7.30. The minimum absolute atomic E-state index is 0.128. The van der Waals surface area contributed by atoms with Gasteiger partial charge in [0.25, 0.3) is 0 Å². The van der Waals surface area contributed by atoms with Crippen molar-refractivity contribution in [1.29, 1.82) is 0 Å². The van der Waals surface area contributed by atoms with Crippen LogP contribution in [0.1, 0.15) is 81.4 Å². The van der Waals surface area contributed by atoms with Gasteiger partial charge in [0.2, 0.25) is 0 Å². The summed E-state index contributed by atoms with van der Waals surface area (Å²) in [6.45, 7) is 3.54. The van der Waals surface area contributed by atoms with Crippen LogP contribution in [-0.4, -0.2) is 12.6 Å². The number of hydrogen-bond acceptors (Lipinski definition) is 4. The second kappa shape index (κ2) is 15.2. The first-order valence-corrected chi connectivity index (χ1v) is 14.4. The highest BCUT2D eigenvalue weighted by Crippen LogP contribution is 2.30. The topological polar surface area (TPSA) is 44.8 Å². The Morgan fingerprint density at radius 1 is 0.737 bits per heavy atom. The summed E-state index contributed by atoms with van der Waals surface area (Å²) in [6.07, 6.45) is 12.6. The van der Waals surface area contributed by atoms with Crippen LogP contribution in [-0.2, 0) is 24.2 Å². The number of benzene rings is 3. The van der Waals surface area contributed by atoms with Gasteiger partial charge in [0.05, 0.1) is 12.5 Å². The second-order valence-electron chi connectivity index (χ2n) is 10.4. The molecule has 0 aromatic heterocycles. The van der Waals surface area contributed by atoms with Crippen molar-refractivity contribution in [2.75, 3.05) is 6.61 Å². The summed E-state index contributed by atoms with van der Waals surface area (Å²) in [5.41, 5.74) is 3.61. The molecule has 1 aliphatic carbocycles. The van der Waals surface area contributed by atoms with E-state index in [1.807, 2.05) is 48.5 Å². The van der Waals surface area contributed by atoms with E-state index in [2.05, 4.69) is 31.2 Å². The molecule has 0 radical (unpaired) electrons. The molecule has 4 heteroatoms. The molecule has 0 amide bonds. The molecule has 0 saturated carbocycles. The highest BCUT2D eigenvalue weighted by atomic mass is 16.5. The number of esters is 1. The van der Waals surface area contributed by atoms with Crippen molar-refractivity contribution in [3.05, 3.63) is 89.5 Å². The van der Waals surface area contributed by atoms with Crippen molar-refractivity contribution < 1.29 is 19.0 Å². The summed E-state index contributed by atoms with van der Waals surface area (Å²) in [4.78, 5) is 12.9. The molecule has 0 spiro atoms. The third kappa shape index (κ3) is 8.93. The molecular weight excluding hydrogens is 472 g/mol. The Kier molecular flexibility index (Phi) is 11.1. The normalized spacial score (nSPS) is 14.5. The molecule has 0 aliphatic heterocycles. The Balaban J connectivity index is 1.16. The van der Waals surface area contributed by atoms with Gasteiger partial charge in [-0.25, -0.2) is 0 Å². The van der Waals surface area contributed by atoms with Crippen molar-refractivity contribution in [2.45, 2.75) is 84.2 Å². The fourth-order valence-electron chi connectivity index (χ4n) is 4.99. The van der Waals surface area contributed by atoms with Crippen LogP contribution in [0.15, 0.2) is 72.8 Å². The minimum atomic E-state index is -0.160. The van der Waals surface area contributed by atoms with E-state index in [-0.39, 0.29) is 11.9 Å². The summed E-state index contributed by atoms with van der Waals surface area (Å²) in [5.74, 6) is 1.98. The van der Waals surface area contributed by atoms with Gasteiger partial charge >= 0.3 is 5.97 Å². The second-order valence-corrected chi connectivity index (χ2v) is 10.4. The zero-order chi connectivity index (χ0) is 26.4. The highest BCUT2D eigenvalue weighted by molar-refractivity contribution is 5.76. The van der Waals surface area contributed by atoms with Crippen LogP contribution in [0.5, 0.6) is 17.2 Å².